The first-order valence-electron chi connectivity index (χ1n) is 9.25. The first-order valence-corrected chi connectivity index (χ1v) is 9.25. The summed E-state index contributed by atoms with van der Waals surface area (Å²) in [4.78, 5) is 25.5. The van der Waals surface area contributed by atoms with Crippen LogP contribution in [0.1, 0.15) is 30.9 Å². The summed E-state index contributed by atoms with van der Waals surface area (Å²) >= 11 is 0. The van der Waals surface area contributed by atoms with Gasteiger partial charge in [0.15, 0.2) is 0 Å². The molecule has 0 saturated carbocycles. The smallest absolute Gasteiger partial charge is 0.336 e. The van der Waals surface area contributed by atoms with Crippen molar-refractivity contribution >= 4 is 11.9 Å². The number of ether oxygens (including phenoxy) is 3. The topological polar surface area (TPSA) is 99.9 Å². The normalized spacial score (nSPS) is 16.7. The van der Waals surface area contributed by atoms with Gasteiger partial charge in [0.2, 0.25) is 0 Å². The summed E-state index contributed by atoms with van der Waals surface area (Å²) < 4.78 is 15.9. The number of hydrogen-bond donors (Lipinski definition) is 2. The largest absolute Gasteiger partial charge is 0.466 e. The molecule has 1 heterocycles. The van der Waals surface area contributed by atoms with Crippen LogP contribution in [0.5, 0.6) is 0 Å². The van der Waals surface area contributed by atoms with Gasteiger partial charge in [0, 0.05) is 12.2 Å². The predicted octanol–water partition coefficient (Wildman–Crippen LogP) is 1.92. The van der Waals surface area contributed by atoms with Crippen LogP contribution in [0.4, 0.5) is 0 Å². The molecule has 2 rings (SSSR count). The molecule has 1 atom stereocenters. The van der Waals surface area contributed by atoms with Crippen molar-refractivity contribution in [2.75, 3.05) is 33.5 Å². The SMILES string of the molecule is CCOC(=O)C1=C(COCCN)NC(C)=C(C(=O)OC)C1c1ccccc1C. The van der Waals surface area contributed by atoms with Crippen molar-refractivity contribution in [2.24, 2.45) is 5.73 Å². The molecular formula is C21H28N2O5. The number of esters is 2. The highest BCUT2D eigenvalue weighted by molar-refractivity contribution is 6.00. The summed E-state index contributed by atoms with van der Waals surface area (Å²) in [7, 11) is 1.32. The van der Waals surface area contributed by atoms with Crippen LogP contribution in [-0.4, -0.2) is 45.4 Å². The van der Waals surface area contributed by atoms with E-state index in [0.29, 0.717) is 35.7 Å². The third-order valence-electron chi connectivity index (χ3n) is 4.55. The Hall–Kier alpha value is -2.64. The Labute approximate surface area is 165 Å². The van der Waals surface area contributed by atoms with Crippen molar-refractivity contribution in [1.29, 1.82) is 0 Å². The van der Waals surface area contributed by atoms with E-state index in [1.54, 1.807) is 13.8 Å². The van der Waals surface area contributed by atoms with Crippen LogP contribution >= 0.6 is 0 Å². The van der Waals surface area contributed by atoms with Crippen molar-refractivity contribution in [3.05, 3.63) is 57.9 Å². The van der Waals surface area contributed by atoms with E-state index in [1.807, 2.05) is 31.2 Å². The molecule has 3 N–H and O–H groups in total. The molecule has 7 nitrogen and oxygen atoms in total. The maximum absolute atomic E-state index is 12.9. The molecule has 1 unspecified atom stereocenters. The van der Waals surface area contributed by atoms with Crippen LogP contribution in [0.2, 0.25) is 0 Å². The molecular weight excluding hydrogens is 360 g/mol. The minimum absolute atomic E-state index is 0.152. The first kappa shape index (κ1) is 21.7. The van der Waals surface area contributed by atoms with E-state index in [9.17, 15) is 9.59 Å². The van der Waals surface area contributed by atoms with Crippen molar-refractivity contribution < 1.29 is 23.8 Å². The van der Waals surface area contributed by atoms with E-state index in [4.69, 9.17) is 19.9 Å². The van der Waals surface area contributed by atoms with Crippen LogP contribution in [0.25, 0.3) is 0 Å². The van der Waals surface area contributed by atoms with Crippen LogP contribution in [0, 0.1) is 6.92 Å². The van der Waals surface area contributed by atoms with Gasteiger partial charge in [-0.1, -0.05) is 24.3 Å². The van der Waals surface area contributed by atoms with Gasteiger partial charge in [-0.25, -0.2) is 9.59 Å². The summed E-state index contributed by atoms with van der Waals surface area (Å²) in [5, 5.41) is 3.14. The number of carbonyl (C=O) groups excluding carboxylic acids is 2. The second-order valence-corrected chi connectivity index (χ2v) is 6.40. The van der Waals surface area contributed by atoms with Gasteiger partial charge >= 0.3 is 11.9 Å². The molecule has 0 bridgehead atoms. The number of aryl methyl sites for hydroxylation is 1. The summed E-state index contributed by atoms with van der Waals surface area (Å²) in [6.07, 6.45) is 0. The minimum Gasteiger partial charge on any atom is -0.466 e. The van der Waals surface area contributed by atoms with Gasteiger partial charge in [-0.05, 0) is 31.9 Å². The molecule has 0 fully saturated rings. The average Bonchev–Trinajstić information content (AvgIpc) is 2.67. The molecule has 0 spiro atoms. The number of rotatable bonds is 8. The summed E-state index contributed by atoms with van der Waals surface area (Å²) in [6.45, 7) is 6.55. The zero-order valence-electron chi connectivity index (χ0n) is 16.8. The molecule has 28 heavy (non-hydrogen) atoms. The number of carbonyl (C=O) groups is 2. The number of nitrogens with two attached hydrogens (primary N) is 1. The number of hydrogen-bond acceptors (Lipinski definition) is 7. The molecule has 0 aliphatic carbocycles. The Balaban J connectivity index is 2.67. The number of methoxy groups -OCH3 is 1. The lowest BCUT2D eigenvalue weighted by atomic mass is 9.78. The molecule has 0 aromatic heterocycles. The predicted molar refractivity (Wildman–Crippen MR) is 105 cm³/mol. The fraction of sp³-hybridized carbons (Fsp3) is 0.429. The van der Waals surface area contributed by atoms with Crippen molar-refractivity contribution in [2.45, 2.75) is 26.7 Å². The van der Waals surface area contributed by atoms with Gasteiger partial charge in [-0.2, -0.15) is 0 Å². The monoisotopic (exact) mass is 388 g/mol. The van der Waals surface area contributed by atoms with Gasteiger partial charge in [0.05, 0.1) is 49.7 Å². The maximum Gasteiger partial charge on any atom is 0.336 e. The van der Waals surface area contributed by atoms with E-state index in [1.165, 1.54) is 7.11 Å². The lowest BCUT2D eigenvalue weighted by Crippen LogP contribution is -2.35. The lowest BCUT2D eigenvalue weighted by molar-refractivity contribution is -0.139. The molecule has 1 aromatic carbocycles. The van der Waals surface area contributed by atoms with E-state index in [-0.39, 0.29) is 13.2 Å². The van der Waals surface area contributed by atoms with Crippen molar-refractivity contribution in [1.82, 2.24) is 5.32 Å². The van der Waals surface area contributed by atoms with E-state index in [0.717, 1.165) is 11.1 Å². The van der Waals surface area contributed by atoms with Crippen LogP contribution in [-0.2, 0) is 23.8 Å². The third-order valence-corrected chi connectivity index (χ3v) is 4.55. The average molecular weight is 388 g/mol. The van der Waals surface area contributed by atoms with Crippen molar-refractivity contribution in [3.63, 3.8) is 0 Å². The number of dihydropyridines is 1. The number of benzene rings is 1. The minimum atomic E-state index is -0.620. The van der Waals surface area contributed by atoms with Gasteiger partial charge in [0.1, 0.15) is 0 Å². The second kappa shape index (κ2) is 10.1. The molecule has 152 valence electrons. The van der Waals surface area contributed by atoms with Crippen LogP contribution in [0.3, 0.4) is 0 Å². The molecule has 0 amide bonds. The Morgan fingerprint density at radius 2 is 1.86 bits per heavy atom. The van der Waals surface area contributed by atoms with Gasteiger partial charge in [-0.15, -0.1) is 0 Å². The number of nitrogens with one attached hydrogen (secondary N) is 1. The molecule has 0 radical (unpaired) electrons. The van der Waals surface area contributed by atoms with Crippen molar-refractivity contribution in [3.8, 4) is 0 Å². The Bertz CT molecular complexity index is 798. The van der Waals surface area contributed by atoms with Gasteiger partial charge < -0.3 is 25.3 Å². The summed E-state index contributed by atoms with van der Waals surface area (Å²) in [5.41, 5.74) is 9.19. The fourth-order valence-corrected chi connectivity index (χ4v) is 3.32. The highest BCUT2D eigenvalue weighted by Gasteiger charge is 2.39. The van der Waals surface area contributed by atoms with Crippen LogP contribution in [0.15, 0.2) is 46.8 Å². The van der Waals surface area contributed by atoms with E-state index in [2.05, 4.69) is 5.32 Å². The molecule has 7 heteroatoms. The first-order chi connectivity index (χ1) is 13.5. The zero-order chi connectivity index (χ0) is 20.7. The van der Waals surface area contributed by atoms with Crippen LogP contribution < -0.4 is 11.1 Å². The summed E-state index contributed by atoms with van der Waals surface area (Å²) in [6, 6.07) is 7.63. The third kappa shape index (κ3) is 4.61. The van der Waals surface area contributed by atoms with Gasteiger partial charge in [0.25, 0.3) is 0 Å². The Kier molecular flexibility index (Phi) is 7.78. The molecule has 1 aromatic rings. The highest BCUT2D eigenvalue weighted by atomic mass is 16.5. The molecule has 0 saturated heterocycles. The second-order valence-electron chi connectivity index (χ2n) is 6.40. The standard InChI is InChI=1S/C21H28N2O5/c1-5-28-21(25)19-16(12-27-11-10-22)23-14(3)17(20(24)26-4)18(19)15-9-7-6-8-13(15)2/h6-9,18,23H,5,10-12,22H2,1-4H3. The number of allylic oxidation sites excluding steroid dienone is 1. The van der Waals surface area contributed by atoms with Gasteiger partial charge in [-0.3, -0.25) is 0 Å². The zero-order valence-corrected chi connectivity index (χ0v) is 16.8. The Morgan fingerprint density at radius 1 is 1.14 bits per heavy atom. The van der Waals surface area contributed by atoms with E-state index >= 15 is 0 Å². The maximum atomic E-state index is 12.9. The summed E-state index contributed by atoms with van der Waals surface area (Å²) in [5.74, 6) is -1.61. The fourth-order valence-electron chi connectivity index (χ4n) is 3.32. The lowest BCUT2D eigenvalue weighted by Gasteiger charge is -2.32. The molecule has 1 aliphatic heterocycles. The van der Waals surface area contributed by atoms with E-state index < -0.39 is 17.9 Å². The Morgan fingerprint density at radius 3 is 2.46 bits per heavy atom. The highest BCUT2D eigenvalue weighted by Crippen LogP contribution is 2.40. The molecule has 1 aliphatic rings. The quantitative estimate of drug-likeness (QED) is 0.518.